The third-order valence-electron chi connectivity index (χ3n) is 5.21. The van der Waals surface area contributed by atoms with E-state index in [1.807, 2.05) is 30.0 Å². The Labute approximate surface area is 160 Å². The highest BCUT2D eigenvalue weighted by Gasteiger charge is 2.26. The Kier molecular flexibility index (Phi) is 6.27. The molecule has 1 atom stereocenters. The Balaban J connectivity index is 1.65. The first-order chi connectivity index (χ1) is 13.0. The first kappa shape index (κ1) is 19.1. The van der Waals surface area contributed by atoms with Crippen LogP contribution in [0.15, 0.2) is 47.4 Å². The van der Waals surface area contributed by atoms with E-state index in [9.17, 15) is 9.59 Å². The molecule has 0 spiro atoms. The molecule has 2 aromatic rings. The van der Waals surface area contributed by atoms with Crippen molar-refractivity contribution in [3.05, 3.63) is 58.5 Å². The van der Waals surface area contributed by atoms with E-state index in [1.54, 1.807) is 6.20 Å². The van der Waals surface area contributed by atoms with Gasteiger partial charge < -0.3 is 9.80 Å². The number of amides is 1. The third kappa shape index (κ3) is 4.96. The summed E-state index contributed by atoms with van der Waals surface area (Å²) in [6, 6.07) is 12.1. The van der Waals surface area contributed by atoms with Crippen molar-refractivity contribution in [1.82, 2.24) is 14.7 Å². The van der Waals surface area contributed by atoms with Gasteiger partial charge in [0.15, 0.2) is 0 Å². The average molecular weight is 368 g/mol. The van der Waals surface area contributed by atoms with Crippen LogP contribution in [-0.2, 0) is 17.8 Å². The number of anilines is 1. The molecule has 6 heteroatoms. The zero-order valence-electron chi connectivity index (χ0n) is 16.2. The number of nitrogens with zero attached hydrogens (tertiary/aromatic N) is 4. The van der Waals surface area contributed by atoms with Crippen LogP contribution in [0.5, 0.6) is 0 Å². The van der Waals surface area contributed by atoms with Crippen LogP contribution in [0.4, 0.5) is 5.69 Å². The molecule has 0 aliphatic carbocycles. The van der Waals surface area contributed by atoms with Gasteiger partial charge in [-0.15, -0.1) is 0 Å². The Morgan fingerprint density at radius 1 is 1.22 bits per heavy atom. The minimum Gasteiger partial charge on any atom is -0.376 e. The molecule has 0 saturated carbocycles. The summed E-state index contributed by atoms with van der Waals surface area (Å²) in [6.07, 6.45) is 6.75. The highest BCUT2D eigenvalue weighted by Crippen LogP contribution is 2.22. The first-order valence-corrected chi connectivity index (χ1v) is 9.62. The molecule has 1 saturated heterocycles. The fourth-order valence-corrected chi connectivity index (χ4v) is 3.61. The number of hydrogen-bond donors (Lipinski definition) is 0. The molecule has 0 radical (unpaired) electrons. The van der Waals surface area contributed by atoms with Gasteiger partial charge in [0, 0.05) is 32.7 Å². The maximum Gasteiger partial charge on any atom is 0.269 e. The zero-order valence-corrected chi connectivity index (χ0v) is 16.2. The van der Waals surface area contributed by atoms with Crippen molar-refractivity contribution in [2.24, 2.45) is 0 Å². The Morgan fingerprint density at radius 3 is 2.70 bits per heavy atom. The second-order valence-electron chi connectivity index (χ2n) is 7.37. The fourth-order valence-electron chi connectivity index (χ4n) is 3.61. The molecule has 1 fully saturated rings. The van der Waals surface area contributed by atoms with Gasteiger partial charge in [0.1, 0.15) is 6.54 Å². The average Bonchev–Trinajstić information content (AvgIpc) is 2.68. The lowest BCUT2D eigenvalue weighted by Gasteiger charge is -2.36. The van der Waals surface area contributed by atoms with Crippen LogP contribution in [0.1, 0.15) is 31.2 Å². The minimum absolute atomic E-state index is 0.00831. The maximum absolute atomic E-state index is 12.9. The van der Waals surface area contributed by atoms with Gasteiger partial charge in [-0.25, -0.2) is 4.68 Å². The number of benzene rings is 1. The lowest BCUT2D eigenvalue weighted by molar-refractivity contribution is -0.136. The Bertz CT molecular complexity index is 816. The molecular formula is C21H28N4O2. The van der Waals surface area contributed by atoms with Gasteiger partial charge >= 0.3 is 0 Å². The number of piperidine rings is 1. The number of likely N-dealkylation sites (tertiary alicyclic amines) is 1. The zero-order chi connectivity index (χ0) is 19.2. The van der Waals surface area contributed by atoms with Crippen molar-refractivity contribution >= 4 is 11.6 Å². The van der Waals surface area contributed by atoms with E-state index in [4.69, 9.17) is 0 Å². The number of carbonyl (C=O) groups is 1. The van der Waals surface area contributed by atoms with E-state index in [-0.39, 0.29) is 24.1 Å². The molecule has 0 N–H and O–H groups in total. The molecule has 27 heavy (non-hydrogen) atoms. The monoisotopic (exact) mass is 368 g/mol. The SMILES string of the molecule is CN(C)c1cnn(CC(=O)N2CCCC[C@H]2CCc2ccccc2)c(=O)c1. The second-order valence-corrected chi connectivity index (χ2v) is 7.37. The van der Waals surface area contributed by atoms with Crippen LogP contribution in [-0.4, -0.2) is 47.3 Å². The molecule has 144 valence electrons. The molecule has 1 aliphatic rings. The van der Waals surface area contributed by atoms with E-state index in [2.05, 4.69) is 29.4 Å². The third-order valence-corrected chi connectivity index (χ3v) is 5.21. The van der Waals surface area contributed by atoms with Gasteiger partial charge in [0.25, 0.3) is 5.56 Å². The number of aromatic nitrogens is 2. The van der Waals surface area contributed by atoms with E-state index in [0.717, 1.165) is 44.3 Å². The molecule has 3 rings (SSSR count). The summed E-state index contributed by atoms with van der Waals surface area (Å²) in [5, 5.41) is 4.17. The molecule has 1 aromatic carbocycles. The smallest absolute Gasteiger partial charge is 0.269 e. The van der Waals surface area contributed by atoms with E-state index < -0.39 is 0 Å². The summed E-state index contributed by atoms with van der Waals surface area (Å²) in [7, 11) is 3.72. The molecule has 0 bridgehead atoms. The van der Waals surface area contributed by atoms with Crippen LogP contribution in [0.2, 0.25) is 0 Å². The fraction of sp³-hybridized carbons (Fsp3) is 0.476. The highest BCUT2D eigenvalue weighted by molar-refractivity contribution is 5.76. The van der Waals surface area contributed by atoms with Crippen molar-refractivity contribution in [3.63, 3.8) is 0 Å². The molecule has 1 aliphatic heterocycles. The molecule has 1 aromatic heterocycles. The van der Waals surface area contributed by atoms with Crippen molar-refractivity contribution < 1.29 is 4.79 Å². The van der Waals surface area contributed by atoms with Crippen LogP contribution in [0.25, 0.3) is 0 Å². The van der Waals surface area contributed by atoms with Gasteiger partial charge in [0.05, 0.1) is 11.9 Å². The molecule has 6 nitrogen and oxygen atoms in total. The van der Waals surface area contributed by atoms with Gasteiger partial charge in [0.2, 0.25) is 5.91 Å². The maximum atomic E-state index is 12.9. The first-order valence-electron chi connectivity index (χ1n) is 9.62. The predicted octanol–water partition coefficient (Wildman–Crippen LogP) is 2.32. The van der Waals surface area contributed by atoms with Crippen LogP contribution in [0, 0.1) is 0 Å². The predicted molar refractivity (Wildman–Crippen MR) is 107 cm³/mol. The Morgan fingerprint density at radius 2 is 2.00 bits per heavy atom. The number of carbonyl (C=O) groups excluding carboxylic acids is 1. The van der Waals surface area contributed by atoms with Crippen molar-refractivity contribution in [3.8, 4) is 0 Å². The lowest BCUT2D eigenvalue weighted by atomic mass is 9.95. The topological polar surface area (TPSA) is 58.4 Å². The van der Waals surface area contributed by atoms with Crippen LogP contribution < -0.4 is 10.5 Å². The summed E-state index contributed by atoms with van der Waals surface area (Å²) in [5.74, 6) is -0.0139. The van der Waals surface area contributed by atoms with Gasteiger partial charge in [-0.05, 0) is 37.7 Å². The second kappa shape index (κ2) is 8.84. The summed E-state index contributed by atoms with van der Waals surface area (Å²) in [6.45, 7) is 0.775. The standard InChI is InChI=1S/C21H28N4O2/c1-23(2)19-14-20(26)25(22-15-19)16-21(27)24-13-7-6-10-18(24)12-11-17-8-4-3-5-9-17/h3-5,8-9,14-15,18H,6-7,10-13,16H2,1-2H3/t18-/m0/s1. The van der Waals surface area contributed by atoms with E-state index in [0.29, 0.717) is 0 Å². The number of hydrogen-bond acceptors (Lipinski definition) is 4. The van der Waals surface area contributed by atoms with E-state index >= 15 is 0 Å². The van der Waals surface area contributed by atoms with Crippen LogP contribution >= 0.6 is 0 Å². The number of aryl methyl sites for hydroxylation is 1. The van der Waals surface area contributed by atoms with Crippen molar-refractivity contribution in [2.45, 2.75) is 44.7 Å². The number of rotatable bonds is 6. The van der Waals surface area contributed by atoms with Gasteiger partial charge in [-0.3, -0.25) is 9.59 Å². The molecule has 0 unspecified atom stereocenters. The Hall–Kier alpha value is -2.63. The van der Waals surface area contributed by atoms with Crippen molar-refractivity contribution in [1.29, 1.82) is 0 Å². The largest absolute Gasteiger partial charge is 0.376 e. The van der Waals surface area contributed by atoms with Gasteiger partial charge in [-0.1, -0.05) is 30.3 Å². The van der Waals surface area contributed by atoms with E-state index in [1.165, 1.54) is 16.3 Å². The molecular weight excluding hydrogens is 340 g/mol. The highest BCUT2D eigenvalue weighted by atomic mass is 16.2. The van der Waals surface area contributed by atoms with Crippen molar-refractivity contribution in [2.75, 3.05) is 25.5 Å². The summed E-state index contributed by atoms with van der Waals surface area (Å²) in [5.41, 5.74) is 1.79. The van der Waals surface area contributed by atoms with Crippen LogP contribution in [0.3, 0.4) is 0 Å². The summed E-state index contributed by atoms with van der Waals surface area (Å²) in [4.78, 5) is 28.9. The molecule has 1 amide bonds. The minimum atomic E-state index is -0.243. The lowest BCUT2D eigenvalue weighted by Crippen LogP contribution is -2.46. The molecule has 2 heterocycles. The summed E-state index contributed by atoms with van der Waals surface area (Å²) >= 11 is 0. The normalized spacial score (nSPS) is 17.0. The summed E-state index contributed by atoms with van der Waals surface area (Å²) < 4.78 is 1.26. The quantitative estimate of drug-likeness (QED) is 0.785. The van der Waals surface area contributed by atoms with Gasteiger partial charge in [-0.2, -0.15) is 5.10 Å².